The van der Waals surface area contributed by atoms with Crippen molar-refractivity contribution < 1.29 is 26.7 Å². The average Bonchev–Trinajstić information content (AvgIpc) is 3.18. The standard InChI is InChI=1S/C21H22F3N5O3S/c1-33(31,32)28-15-6-3-13(4-7-15)18-12-26-20-19(25-9-2-10-30)27-16-11-14(21(22,23)24)5-8-17(16)29(18)20/h3,5-8,11-13,28,30H,2,4,9-10H2,1H3,(H,25,27). The molecule has 2 aromatic heterocycles. The van der Waals surface area contributed by atoms with E-state index in [4.69, 9.17) is 5.11 Å². The molecule has 1 aliphatic carbocycles. The van der Waals surface area contributed by atoms with Crippen LogP contribution in [0.4, 0.5) is 19.0 Å². The number of benzene rings is 1. The molecule has 1 aliphatic rings. The topological polar surface area (TPSA) is 109 Å². The molecule has 176 valence electrons. The van der Waals surface area contributed by atoms with Crippen LogP contribution in [0.1, 0.15) is 30.0 Å². The highest BCUT2D eigenvalue weighted by Gasteiger charge is 2.31. The second-order valence-corrected chi connectivity index (χ2v) is 9.49. The normalized spacial score (nSPS) is 16.9. The molecule has 3 N–H and O–H groups in total. The number of nitrogens with one attached hydrogen (secondary N) is 2. The number of alkyl halides is 3. The molecule has 0 fully saturated rings. The van der Waals surface area contributed by atoms with E-state index in [1.165, 1.54) is 6.07 Å². The number of aliphatic hydroxyl groups excluding tert-OH is 1. The number of rotatable bonds is 7. The lowest BCUT2D eigenvalue weighted by molar-refractivity contribution is -0.137. The summed E-state index contributed by atoms with van der Waals surface area (Å²) in [5.74, 6) is 0.139. The molecule has 8 nitrogen and oxygen atoms in total. The van der Waals surface area contributed by atoms with Crippen molar-refractivity contribution in [1.82, 2.24) is 19.1 Å². The zero-order valence-corrected chi connectivity index (χ0v) is 18.4. The lowest BCUT2D eigenvalue weighted by Gasteiger charge is -2.18. The van der Waals surface area contributed by atoms with E-state index in [0.717, 1.165) is 24.1 Å². The van der Waals surface area contributed by atoms with Gasteiger partial charge in [0.15, 0.2) is 11.5 Å². The minimum atomic E-state index is -4.51. The highest BCUT2D eigenvalue weighted by atomic mass is 32.2. The third-order valence-electron chi connectivity index (χ3n) is 5.19. The molecule has 33 heavy (non-hydrogen) atoms. The van der Waals surface area contributed by atoms with Gasteiger partial charge < -0.3 is 10.4 Å². The van der Waals surface area contributed by atoms with Crippen LogP contribution >= 0.6 is 0 Å². The summed E-state index contributed by atoms with van der Waals surface area (Å²) in [6, 6.07) is 3.39. The molecule has 0 bridgehead atoms. The van der Waals surface area contributed by atoms with Crippen molar-refractivity contribution in [1.29, 1.82) is 0 Å². The molecular weight excluding hydrogens is 459 g/mol. The van der Waals surface area contributed by atoms with Gasteiger partial charge in [-0.05, 0) is 37.1 Å². The summed E-state index contributed by atoms with van der Waals surface area (Å²) >= 11 is 0. The van der Waals surface area contributed by atoms with Crippen molar-refractivity contribution in [2.75, 3.05) is 24.7 Å². The number of hydrogen-bond acceptors (Lipinski definition) is 6. The number of halogens is 3. The fraction of sp³-hybridized carbons (Fsp3) is 0.333. The van der Waals surface area contributed by atoms with Crippen molar-refractivity contribution in [2.45, 2.75) is 24.9 Å². The molecule has 0 radical (unpaired) electrons. The van der Waals surface area contributed by atoms with Gasteiger partial charge in [-0.3, -0.25) is 9.12 Å². The second kappa shape index (κ2) is 8.67. The maximum atomic E-state index is 13.3. The number of sulfonamides is 1. The highest BCUT2D eigenvalue weighted by Crippen LogP contribution is 2.34. The van der Waals surface area contributed by atoms with Crippen LogP contribution in [0, 0.1) is 0 Å². The SMILES string of the molecule is CS(=O)(=O)NC1=CCC(c2cnc3c(NCCCO)nc4cc(C(F)(F)F)ccc4n23)C=C1. The van der Waals surface area contributed by atoms with Gasteiger partial charge in [-0.25, -0.2) is 18.4 Å². The molecule has 3 aromatic rings. The molecular formula is C21H22F3N5O3S. The van der Waals surface area contributed by atoms with Crippen molar-refractivity contribution in [3.63, 3.8) is 0 Å². The minimum absolute atomic E-state index is 0.0438. The zero-order valence-electron chi connectivity index (χ0n) is 17.6. The Morgan fingerprint density at radius 3 is 2.73 bits per heavy atom. The van der Waals surface area contributed by atoms with Crippen molar-refractivity contribution in [3.05, 3.63) is 59.6 Å². The summed E-state index contributed by atoms with van der Waals surface area (Å²) in [7, 11) is -3.40. The van der Waals surface area contributed by atoms with Crippen LogP contribution in [0.15, 0.2) is 48.3 Å². The summed E-state index contributed by atoms with van der Waals surface area (Å²) < 4.78 is 67.0. The van der Waals surface area contributed by atoms with E-state index in [1.54, 1.807) is 22.7 Å². The Kier molecular flexibility index (Phi) is 6.06. The zero-order chi connectivity index (χ0) is 23.8. The number of hydrogen-bond donors (Lipinski definition) is 3. The number of anilines is 1. The molecule has 2 heterocycles. The lowest BCUT2D eigenvalue weighted by atomic mass is 9.96. The number of nitrogens with zero attached hydrogens (tertiary/aromatic N) is 3. The molecule has 0 aliphatic heterocycles. The Hall–Kier alpha value is -3.12. The first-order valence-electron chi connectivity index (χ1n) is 10.2. The predicted molar refractivity (Wildman–Crippen MR) is 118 cm³/mol. The van der Waals surface area contributed by atoms with Crippen LogP contribution in [0.5, 0.6) is 0 Å². The van der Waals surface area contributed by atoms with Crippen LogP contribution in [0.3, 0.4) is 0 Å². The lowest BCUT2D eigenvalue weighted by Crippen LogP contribution is -2.21. The van der Waals surface area contributed by atoms with Gasteiger partial charge in [0.1, 0.15) is 0 Å². The quantitative estimate of drug-likeness (QED) is 0.448. The van der Waals surface area contributed by atoms with Gasteiger partial charge in [0.2, 0.25) is 10.0 Å². The molecule has 0 spiro atoms. The average molecular weight is 482 g/mol. The second-order valence-electron chi connectivity index (χ2n) is 7.74. The Labute approximate surface area is 187 Å². The van der Waals surface area contributed by atoms with Gasteiger partial charge in [0.05, 0.1) is 28.5 Å². The van der Waals surface area contributed by atoms with Gasteiger partial charge in [-0.15, -0.1) is 0 Å². The maximum Gasteiger partial charge on any atom is 0.416 e. The number of allylic oxidation sites excluding steroid dienone is 3. The molecule has 0 saturated heterocycles. The van der Waals surface area contributed by atoms with E-state index in [-0.39, 0.29) is 18.0 Å². The summed E-state index contributed by atoms with van der Waals surface area (Å²) in [6.07, 6.45) is 4.34. The maximum absolute atomic E-state index is 13.3. The third kappa shape index (κ3) is 4.96. The summed E-state index contributed by atoms with van der Waals surface area (Å²) in [4.78, 5) is 8.84. The van der Waals surface area contributed by atoms with E-state index in [2.05, 4.69) is 20.0 Å². The molecule has 4 rings (SSSR count). The van der Waals surface area contributed by atoms with Crippen molar-refractivity contribution in [3.8, 4) is 0 Å². The van der Waals surface area contributed by atoms with Gasteiger partial charge in [-0.2, -0.15) is 13.2 Å². The molecule has 0 amide bonds. The number of imidazole rings is 1. The molecule has 12 heteroatoms. The van der Waals surface area contributed by atoms with E-state index in [0.29, 0.717) is 42.1 Å². The van der Waals surface area contributed by atoms with E-state index >= 15 is 0 Å². The van der Waals surface area contributed by atoms with Gasteiger partial charge in [0.25, 0.3) is 0 Å². The Balaban J connectivity index is 1.81. The highest BCUT2D eigenvalue weighted by molar-refractivity contribution is 7.88. The van der Waals surface area contributed by atoms with Crippen LogP contribution in [0.2, 0.25) is 0 Å². The first-order valence-corrected chi connectivity index (χ1v) is 12.0. The van der Waals surface area contributed by atoms with Crippen LogP contribution in [0.25, 0.3) is 16.7 Å². The van der Waals surface area contributed by atoms with Gasteiger partial charge in [-0.1, -0.05) is 12.2 Å². The van der Waals surface area contributed by atoms with Crippen LogP contribution in [-0.2, 0) is 16.2 Å². The van der Waals surface area contributed by atoms with Crippen LogP contribution < -0.4 is 10.0 Å². The number of fused-ring (bicyclic) bond motifs is 3. The van der Waals surface area contributed by atoms with E-state index < -0.39 is 21.8 Å². The summed E-state index contributed by atoms with van der Waals surface area (Å²) in [6.45, 7) is 0.330. The Bertz CT molecular complexity index is 1360. The Morgan fingerprint density at radius 2 is 2.09 bits per heavy atom. The number of aliphatic hydroxyl groups is 1. The monoisotopic (exact) mass is 481 g/mol. The smallest absolute Gasteiger partial charge is 0.396 e. The van der Waals surface area contributed by atoms with Gasteiger partial charge >= 0.3 is 6.18 Å². The first-order chi connectivity index (χ1) is 15.6. The fourth-order valence-electron chi connectivity index (χ4n) is 3.73. The summed E-state index contributed by atoms with van der Waals surface area (Å²) in [5, 5.41) is 12.1. The molecule has 0 saturated carbocycles. The van der Waals surface area contributed by atoms with Crippen molar-refractivity contribution >= 4 is 32.5 Å². The fourth-order valence-corrected chi connectivity index (χ4v) is 4.31. The van der Waals surface area contributed by atoms with Crippen LogP contribution in [-0.4, -0.2) is 47.3 Å². The first kappa shape index (κ1) is 23.1. The van der Waals surface area contributed by atoms with E-state index in [9.17, 15) is 21.6 Å². The molecule has 1 unspecified atom stereocenters. The summed E-state index contributed by atoms with van der Waals surface area (Å²) in [5.41, 5.74) is 1.45. The van der Waals surface area contributed by atoms with Gasteiger partial charge in [0, 0.05) is 31.0 Å². The molecule has 1 atom stereocenters. The Morgan fingerprint density at radius 1 is 1.30 bits per heavy atom. The largest absolute Gasteiger partial charge is 0.416 e. The molecule has 1 aromatic carbocycles. The van der Waals surface area contributed by atoms with E-state index in [1.807, 2.05) is 6.08 Å². The minimum Gasteiger partial charge on any atom is -0.396 e. The third-order valence-corrected chi connectivity index (χ3v) is 5.79. The number of aromatic nitrogens is 3. The predicted octanol–water partition coefficient (Wildman–Crippen LogP) is 3.17. The van der Waals surface area contributed by atoms with Crippen molar-refractivity contribution in [2.24, 2.45) is 0 Å².